The molecule has 0 aliphatic carbocycles. The third-order valence-electron chi connectivity index (χ3n) is 3.63. The van der Waals surface area contributed by atoms with Crippen molar-refractivity contribution in [3.05, 3.63) is 23.8 Å². The molecule has 0 saturated carbocycles. The SMILES string of the molecule is COCCC(C)(C)CNC(=O)c1cccc2c1OCCN2. The number of amides is 1. The van der Waals surface area contributed by atoms with Gasteiger partial charge in [0.15, 0.2) is 5.75 Å². The highest BCUT2D eigenvalue weighted by atomic mass is 16.5. The zero-order chi connectivity index (χ0) is 15.3. The molecule has 1 aromatic rings. The predicted octanol–water partition coefficient (Wildman–Crippen LogP) is 2.28. The summed E-state index contributed by atoms with van der Waals surface area (Å²) in [6.07, 6.45) is 0.898. The number of methoxy groups -OCH3 is 1. The van der Waals surface area contributed by atoms with Crippen LogP contribution < -0.4 is 15.4 Å². The average molecular weight is 292 g/mol. The Morgan fingerprint density at radius 3 is 3.05 bits per heavy atom. The van der Waals surface area contributed by atoms with Crippen molar-refractivity contribution in [2.75, 3.05) is 38.7 Å². The number of fused-ring (bicyclic) bond motifs is 1. The van der Waals surface area contributed by atoms with E-state index in [9.17, 15) is 4.79 Å². The first-order chi connectivity index (χ1) is 10.0. The van der Waals surface area contributed by atoms with Crippen molar-refractivity contribution in [1.29, 1.82) is 0 Å². The van der Waals surface area contributed by atoms with Crippen molar-refractivity contribution in [3.8, 4) is 5.75 Å². The Morgan fingerprint density at radius 1 is 1.48 bits per heavy atom. The molecule has 5 nitrogen and oxygen atoms in total. The molecule has 2 rings (SSSR count). The molecule has 0 atom stereocenters. The minimum Gasteiger partial charge on any atom is -0.489 e. The summed E-state index contributed by atoms with van der Waals surface area (Å²) in [5.74, 6) is 0.553. The standard InChI is InChI=1S/C16H24N2O3/c1-16(2,7-9-20-3)11-18-15(19)12-5-4-6-13-14(12)21-10-8-17-13/h4-6,17H,7-11H2,1-3H3,(H,18,19). The van der Waals surface area contributed by atoms with Gasteiger partial charge in [0.25, 0.3) is 5.91 Å². The molecule has 0 aromatic heterocycles. The van der Waals surface area contributed by atoms with E-state index in [1.165, 1.54) is 0 Å². The van der Waals surface area contributed by atoms with Crippen LogP contribution in [0.2, 0.25) is 0 Å². The van der Waals surface area contributed by atoms with E-state index < -0.39 is 0 Å². The predicted molar refractivity (Wildman–Crippen MR) is 83.0 cm³/mol. The quantitative estimate of drug-likeness (QED) is 0.844. The molecule has 5 heteroatoms. The van der Waals surface area contributed by atoms with Gasteiger partial charge >= 0.3 is 0 Å². The molecule has 1 aliphatic heterocycles. The molecule has 21 heavy (non-hydrogen) atoms. The minimum absolute atomic E-state index is 0.000378. The highest BCUT2D eigenvalue weighted by Crippen LogP contribution is 2.31. The second-order valence-corrected chi connectivity index (χ2v) is 6.05. The van der Waals surface area contributed by atoms with Gasteiger partial charge in [0.05, 0.1) is 11.3 Å². The zero-order valence-corrected chi connectivity index (χ0v) is 13.0. The largest absolute Gasteiger partial charge is 0.489 e. The maximum absolute atomic E-state index is 12.4. The normalized spacial score (nSPS) is 13.9. The van der Waals surface area contributed by atoms with Gasteiger partial charge in [-0.1, -0.05) is 19.9 Å². The van der Waals surface area contributed by atoms with Crippen LogP contribution in [-0.4, -0.2) is 39.3 Å². The van der Waals surface area contributed by atoms with Gasteiger partial charge in [0.1, 0.15) is 6.61 Å². The fourth-order valence-corrected chi connectivity index (χ4v) is 2.23. The van der Waals surface area contributed by atoms with E-state index in [0.717, 1.165) is 18.7 Å². The number of benzene rings is 1. The van der Waals surface area contributed by atoms with Crippen molar-refractivity contribution in [3.63, 3.8) is 0 Å². The minimum atomic E-state index is -0.0963. The lowest BCUT2D eigenvalue weighted by Gasteiger charge is -2.25. The first-order valence-corrected chi connectivity index (χ1v) is 7.30. The Bertz CT molecular complexity index is 500. The van der Waals surface area contributed by atoms with Gasteiger partial charge in [-0.2, -0.15) is 0 Å². The highest BCUT2D eigenvalue weighted by molar-refractivity contribution is 5.99. The van der Waals surface area contributed by atoms with Gasteiger partial charge in [-0.05, 0) is 24.0 Å². The summed E-state index contributed by atoms with van der Waals surface area (Å²) in [6.45, 7) is 6.87. The van der Waals surface area contributed by atoms with Gasteiger partial charge in [0, 0.05) is 26.8 Å². The number of rotatable bonds is 6. The lowest BCUT2D eigenvalue weighted by atomic mass is 9.89. The Labute approximate surface area is 126 Å². The van der Waals surface area contributed by atoms with E-state index in [4.69, 9.17) is 9.47 Å². The second-order valence-electron chi connectivity index (χ2n) is 6.05. The first-order valence-electron chi connectivity index (χ1n) is 7.30. The topological polar surface area (TPSA) is 59.6 Å². The molecule has 0 unspecified atom stereocenters. The van der Waals surface area contributed by atoms with Gasteiger partial charge in [0.2, 0.25) is 0 Å². The number of nitrogens with one attached hydrogen (secondary N) is 2. The van der Waals surface area contributed by atoms with Crippen molar-refractivity contribution < 1.29 is 14.3 Å². The van der Waals surface area contributed by atoms with E-state index in [2.05, 4.69) is 24.5 Å². The molecule has 1 heterocycles. The lowest BCUT2D eigenvalue weighted by Crippen LogP contribution is -2.35. The molecule has 0 spiro atoms. The Balaban J connectivity index is 2.01. The molecule has 116 valence electrons. The molecular weight excluding hydrogens is 268 g/mol. The Hall–Kier alpha value is -1.75. The molecule has 0 radical (unpaired) electrons. The van der Waals surface area contributed by atoms with Crippen molar-refractivity contribution in [2.24, 2.45) is 5.41 Å². The number of hydrogen-bond donors (Lipinski definition) is 2. The maximum Gasteiger partial charge on any atom is 0.255 e. The van der Waals surface area contributed by atoms with Gasteiger partial charge in [-0.15, -0.1) is 0 Å². The van der Waals surface area contributed by atoms with Crippen LogP contribution in [0, 0.1) is 5.41 Å². The molecule has 2 N–H and O–H groups in total. The average Bonchev–Trinajstić information content (AvgIpc) is 2.50. The van der Waals surface area contributed by atoms with Crippen molar-refractivity contribution >= 4 is 11.6 Å². The van der Waals surface area contributed by atoms with Crippen molar-refractivity contribution in [2.45, 2.75) is 20.3 Å². The summed E-state index contributed by atoms with van der Waals surface area (Å²) in [5, 5.41) is 6.23. The smallest absolute Gasteiger partial charge is 0.255 e. The molecule has 1 amide bonds. The third kappa shape index (κ3) is 4.11. The van der Waals surface area contributed by atoms with Crippen LogP contribution in [0.4, 0.5) is 5.69 Å². The number of carbonyl (C=O) groups is 1. The summed E-state index contributed by atoms with van der Waals surface area (Å²) < 4.78 is 10.7. The molecule has 0 bridgehead atoms. The van der Waals surface area contributed by atoms with Crippen LogP contribution in [-0.2, 0) is 4.74 Å². The Morgan fingerprint density at radius 2 is 2.29 bits per heavy atom. The summed E-state index contributed by atoms with van der Waals surface area (Å²) in [4.78, 5) is 12.4. The molecule has 1 aromatic carbocycles. The molecule has 1 aliphatic rings. The number of carbonyl (C=O) groups excluding carboxylic acids is 1. The van der Waals surface area contributed by atoms with E-state index in [-0.39, 0.29) is 11.3 Å². The fourth-order valence-electron chi connectivity index (χ4n) is 2.23. The third-order valence-corrected chi connectivity index (χ3v) is 3.63. The van der Waals surface area contributed by atoms with Crippen LogP contribution in [0.3, 0.4) is 0 Å². The Kier molecular flexibility index (Phi) is 5.07. The summed E-state index contributed by atoms with van der Waals surface area (Å²) in [5.41, 5.74) is 1.47. The highest BCUT2D eigenvalue weighted by Gasteiger charge is 2.22. The molecule has 0 saturated heterocycles. The van der Waals surface area contributed by atoms with E-state index in [0.29, 0.717) is 31.1 Å². The first kappa shape index (κ1) is 15.6. The van der Waals surface area contributed by atoms with Gasteiger partial charge < -0.3 is 20.1 Å². The number of hydrogen-bond acceptors (Lipinski definition) is 4. The molecule has 0 fully saturated rings. The molecular formula is C16H24N2O3. The zero-order valence-electron chi connectivity index (χ0n) is 13.0. The number of ether oxygens (including phenoxy) is 2. The van der Waals surface area contributed by atoms with E-state index in [1.54, 1.807) is 13.2 Å². The second kappa shape index (κ2) is 6.80. The van der Waals surface area contributed by atoms with Crippen LogP contribution >= 0.6 is 0 Å². The summed E-state index contributed by atoms with van der Waals surface area (Å²) in [6, 6.07) is 5.59. The fraction of sp³-hybridized carbons (Fsp3) is 0.562. The summed E-state index contributed by atoms with van der Waals surface area (Å²) in [7, 11) is 1.69. The monoisotopic (exact) mass is 292 g/mol. The van der Waals surface area contributed by atoms with Crippen LogP contribution in [0.25, 0.3) is 0 Å². The number of para-hydroxylation sites is 1. The van der Waals surface area contributed by atoms with E-state index >= 15 is 0 Å². The van der Waals surface area contributed by atoms with Crippen LogP contribution in [0.1, 0.15) is 30.6 Å². The number of anilines is 1. The van der Waals surface area contributed by atoms with Crippen LogP contribution in [0.15, 0.2) is 18.2 Å². The van der Waals surface area contributed by atoms with Crippen LogP contribution in [0.5, 0.6) is 5.75 Å². The lowest BCUT2D eigenvalue weighted by molar-refractivity contribution is 0.0917. The van der Waals surface area contributed by atoms with Gasteiger partial charge in [-0.3, -0.25) is 4.79 Å². The maximum atomic E-state index is 12.4. The summed E-state index contributed by atoms with van der Waals surface area (Å²) >= 11 is 0. The van der Waals surface area contributed by atoms with Crippen molar-refractivity contribution in [1.82, 2.24) is 5.32 Å². The van der Waals surface area contributed by atoms with Gasteiger partial charge in [-0.25, -0.2) is 0 Å². The van der Waals surface area contributed by atoms with E-state index in [1.807, 2.05) is 12.1 Å².